The lowest BCUT2D eigenvalue weighted by atomic mass is 10.1. The molecule has 1 rings (SSSR count). The minimum absolute atomic E-state index is 0.185. The second-order valence-corrected chi connectivity index (χ2v) is 6.30. The van der Waals surface area contributed by atoms with Crippen molar-refractivity contribution < 1.29 is 22.7 Å². The number of hydrogen-bond donors (Lipinski definition) is 1. The molecule has 104 valence electrons. The van der Waals surface area contributed by atoms with E-state index in [2.05, 4.69) is 10.1 Å². The fourth-order valence-electron chi connectivity index (χ4n) is 1.47. The fraction of sp³-hybridized carbons (Fsp3) is 0.333. The quantitative estimate of drug-likeness (QED) is 0.825. The van der Waals surface area contributed by atoms with Gasteiger partial charge in [0.25, 0.3) is 0 Å². The molecule has 1 aromatic carbocycles. The zero-order valence-electron chi connectivity index (χ0n) is 10.9. The Labute approximate surface area is 111 Å². The van der Waals surface area contributed by atoms with Gasteiger partial charge in [-0.3, -0.25) is 4.79 Å². The van der Waals surface area contributed by atoms with E-state index in [1.54, 1.807) is 19.1 Å². The van der Waals surface area contributed by atoms with E-state index in [9.17, 15) is 18.0 Å². The van der Waals surface area contributed by atoms with E-state index in [-0.39, 0.29) is 11.3 Å². The van der Waals surface area contributed by atoms with Crippen LogP contribution < -0.4 is 5.32 Å². The molecule has 0 aromatic heterocycles. The molecule has 0 radical (unpaired) electrons. The number of esters is 1. The Morgan fingerprint density at radius 1 is 1.32 bits per heavy atom. The Kier molecular flexibility index (Phi) is 4.66. The summed E-state index contributed by atoms with van der Waals surface area (Å²) >= 11 is 0. The number of aryl methyl sites for hydroxylation is 1. The van der Waals surface area contributed by atoms with Crippen LogP contribution in [0, 0.1) is 6.92 Å². The molecular formula is C12H15NO5S. The van der Waals surface area contributed by atoms with Crippen molar-refractivity contribution >= 4 is 27.4 Å². The first kappa shape index (κ1) is 15.2. The summed E-state index contributed by atoms with van der Waals surface area (Å²) in [6, 6.07) is 4.78. The fourth-order valence-corrected chi connectivity index (χ4v) is 2.02. The summed E-state index contributed by atoms with van der Waals surface area (Å²) < 4.78 is 26.6. The van der Waals surface area contributed by atoms with Crippen molar-refractivity contribution in [2.75, 3.05) is 24.4 Å². The first-order valence-electron chi connectivity index (χ1n) is 5.39. The van der Waals surface area contributed by atoms with Crippen LogP contribution in [0.15, 0.2) is 18.2 Å². The zero-order chi connectivity index (χ0) is 14.6. The van der Waals surface area contributed by atoms with Gasteiger partial charge >= 0.3 is 5.97 Å². The van der Waals surface area contributed by atoms with E-state index >= 15 is 0 Å². The molecule has 7 heteroatoms. The van der Waals surface area contributed by atoms with Crippen LogP contribution in [0.1, 0.15) is 15.9 Å². The third-order valence-electron chi connectivity index (χ3n) is 2.25. The average Bonchev–Trinajstić information content (AvgIpc) is 2.28. The summed E-state index contributed by atoms with van der Waals surface area (Å²) in [6.07, 6.45) is 0.961. The van der Waals surface area contributed by atoms with Gasteiger partial charge in [0.05, 0.1) is 18.4 Å². The van der Waals surface area contributed by atoms with E-state index in [0.29, 0.717) is 0 Å². The summed E-state index contributed by atoms with van der Waals surface area (Å²) in [5.41, 5.74) is 1.23. The van der Waals surface area contributed by atoms with Gasteiger partial charge in [-0.15, -0.1) is 0 Å². The van der Waals surface area contributed by atoms with Crippen LogP contribution >= 0.6 is 0 Å². The topological polar surface area (TPSA) is 89.5 Å². The predicted octanol–water partition coefficient (Wildman–Crippen LogP) is 0.765. The van der Waals surface area contributed by atoms with Crippen molar-refractivity contribution in [1.29, 1.82) is 0 Å². The number of ether oxygens (including phenoxy) is 1. The average molecular weight is 285 g/mol. The van der Waals surface area contributed by atoms with Gasteiger partial charge in [-0.1, -0.05) is 11.6 Å². The molecule has 0 atom stereocenters. The normalized spacial score (nSPS) is 10.9. The molecule has 0 aliphatic heterocycles. The number of carbonyl (C=O) groups is 2. The van der Waals surface area contributed by atoms with Gasteiger partial charge in [0.1, 0.15) is 5.75 Å². The van der Waals surface area contributed by atoms with E-state index in [0.717, 1.165) is 11.8 Å². The third-order valence-corrected chi connectivity index (χ3v) is 3.03. The Morgan fingerprint density at radius 3 is 2.47 bits per heavy atom. The van der Waals surface area contributed by atoms with Crippen LogP contribution in [-0.4, -0.2) is 39.4 Å². The Balaban J connectivity index is 3.01. The highest BCUT2D eigenvalue weighted by Crippen LogP contribution is 2.18. The van der Waals surface area contributed by atoms with Gasteiger partial charge in [0, 0.05) is 6.26 Å². The molecule has 0 spiro atoms. The van der Waals surface area contributed by atoms with E-state index < -0.39 is 27.5 Å². The number of amides is 1. The molecule has 1 aromatic rings. The lowest BCUT2D eigenvalue weighted by molar-refractivity contribution is -0.113. The number of methoxy groups -OCH3 is 1. The number of nitrogens with one attached hydrogen (secondary N) is 1. The standard InChI is InChI=1S/C12H15NO5S/c1-8-4-5-10(9(6-8)12(15)18-2)13-11(14)7-19(3,16)17/h4-6H,7H2,1-3H3,(H,13,14). The first-order chi connectivity index (χ1) is 8.73. The maximum Gasteiger partial charge on any atom is 0.339 e. The minimum Gasteiger partial charge on any atom is -0.465 e. The van der Waals surface area contributed by atoms with Crippen molar-refractivity contribution in [3.8, 4) is 0 Å². The highest BCUT2D eigenvalue weighted by atomic mass is 32.2. The first-order valence-corrected chi connectivity index (χ1v) is 7.45. The SMILES string of the molecule is COC(=O)c1cc(C)ccc1NC(=O)CS(C)(=O)=O. The van der Waals surface area contributed by atoms with Gasteiger partial charge in [-0.05, 0) is 19.1 Å². The number of hydrogen-bond acceptors (Lipinski definition) is 5. The van der Waals surface area contributed by atoms with E-state index in [1.807, 2.05) is 0 Å². The zero-order valence-corrected chi connectivity index (χ0v) is 11.7. The van der Waals surface area contributed by atoms with Gasteiger partial charge in [0.15, 0.2) is 9.84 Å². The summed E-state index contributed by atoms with van der Waals surface area (Å²) in [6.45, 7) is 1.79. The highest BCUT2D eigenvalue weighted by Gasteiger charge is 2.16. The number of sulfone groups is 1. The molecule has 0 fully saturated rings. The van der Waals surface area contributed by atoms with Gasteiger partial charge in [0.2, 0.25) is 5.91 Å². The Hall–Kier alpha value is -1.89. The molecule has 0 aliphatic carbocycles. The second kappa shape index (κ2) is 5.83. The molecule has 1 N–H and O–H groups in total. The molecule has 0 unspecified atom stereocenters. The van der Waals surface area contributed by atoms with Gasteiger partial charge in [-0.25, -0.2) is 13.2 Å². The molecular weight excluding hydrogens is 270 g/mol. The predicted molar refractivity (Wildman–Crippen MR) is 70.9 cm³/mol. The van der Waals surface area contributed by atoms with Crippen molar-refractivity contribution in [3.63, 3.8) is 0 Å². The van der Waals surface area contributed by atoms with E-state index in [4.69, 9.17) is 0 Å². The Bertz CT molecular complexity index is 607. The molecule has 6 nitrogen and oxygen atoms in total. The van der Waals surface area contributed by atoms with Crippen LogP contribution in [-0.2, 0) is 19.4 Å². The summed E-state index contributed by atoms with van der Waals surface area (Å²) in [5.74, 6) is -1.93. The van der Waals surface area contributed by atoms with Crippen molar-refractivity contribution in [3.05, 3.63) is 29.3 Å². The van der Waals surface area contributed by atoms with Crippen molar-refractivity contribution in [2.24, 2.45) is 0 Å². The molecule has 0 heterocycles. The molecule has 0 aliphatic rings. The number of anilines is 1. The maximum atomic E-state index is 11.6. The second-order valence-electron chi connectivity index (χ2n) is 4.16. The van der Waals surface area contributed by atoms with Crippen molar-refractivity contribution in [1.82, 2.24) is 0 Å². The molecule has 0 bridgehead atoms. The summed E-state index contributed by atoms with van der Waals surface area (Å²) in [5, 5.41) is 2.39. The molecule has 0 saturated carbocycles. The lowest BCUT2D eigenvalue weighted by Gasteiger charge is -2.10. The summed E-state index contributed by atoms with van der Waals surface area (Å²) in [4.78, 5) is 23.1. The van der Waals surface area contributed by atoms with Crippen LogP contribution in [0.3, 0.4) is 0 Å². The Morgan fingerprint density at radius 2 is 1.95 bits per heavy atom. The largest absolute Gasteiger partial charge is 0.465 e. The number of benzene rings is 1. The lowest BCUT2D eigenvalue weighted by Crippen LogP contribution is -2.23. The van der Waals surface area contributed by atoms with Crippen molar-refractivity contribution in [2.45, 2.75) is 6.92 Å². The van der Waals surface area contributed by atoms with Crippen LogP contribution in [0.4, 0.5) is 5.69 Å². The maximum absolute atomic E-state index is 11.6. The van der Waals surface area contributed by atoms with Crippen LogP contribution in [0.2, 0.25) is 0 Å². The summed E-state index contributed by atoms with van der Waals surface area (Å²) in [7, 11) is -2.19. The number of carbonyl (C=O) groups excluding carboxylic acids is 2. The van der Waals surface area contributed by atoms with Crippen LogP contribution in [0.5, 0.6) is 0 Å². The van der Waals surface area contributed by atoms with Gasteiger partial charge < -0.3 is 10.1 Å². The third kappa shape index (κ3) is 4.70. The molecule has 19 heavy (non-hydrogen) atoms. The van der Waals surface area contributed by atoms with E-state index in [1.165, 1.54) is 13.2 Å². The molecule has 1 amide bonds. The highest BCUT2D eigenvalue weighted by molar-refractivity contribution is 7.91. The molecule has 0 saturated heterocycles. The smallest absolute Gasteiger partial charge is 0.339 e. The number of rotatable bonds is 4. The van der Waals surface area contributed by atoms with Gasteiger partial charge in [-0.2, -0.15) is 0 Å². The van der Waals surface area contributed by atoms with Crippen LogP contribution in [0.25, 0.3) is 0 Å². The minimum atomic E-state index is -3.42. The monoisotopic (exact) mass is 285 g/mol.